The van der Waals surface area contributed by atoms with E-state index in [9.17, 15) is 4.79 Å². The molecule has 0 saturated carbocycles. The second kappa shape index (κ2) is 9.34. The Kier molecular flexibility index (Phi) is 6.36. The lowest BCUT2D eigenvalue weighted by Gasteiger charge is -2.39. The van der Waals surface area contributed by atoms with Crippen LogP contribution in [0.1, 0.15) is 28.7 Å². The number of anilines is 1. The molecule has 0 spiro atoms. The van der Waals surface area contributed by atoms with Crippen LogP contribution in [0.4, 0.5) is 5.13 Å². The number of methoxy groups -OCH3 is 2. The third-order valence-corrected chi connectivity index (χ3v) is 6.23. The van der Waals surface area contributed by atoms with E-state index < -0.39 is 0 Å². The van der Waals surface area contributed by atoms with Gasteiger partial charge in [-0.05, 0) is 24.6 Å². The molecule has 1 fully saturated rings. The number of aromatic nitrogens is 2. The Morgan fingerprint density at radius 2 is 1.81 bits per heavy atom. The van der Waals surface area contributed by atoms with Gasteiger partial charge in [-0.25, -0.2) is 4.98 Å². The summed E-state index contributed by atoms with van der Waals surface area (Å²) in [5, 5.41) is 0.910. The number of carbonyl (C=O) groups excluding carboxylic acids is 1. The summed E-state index contributed by atoms with van der Waals surface area (Å²) >= 11 is 1.42. The number of hydrogen-bond donors (Lipinski definition) is 0. The van der Waals surface area contributed by atoms with Crippen LogP contribution in [-0.2, 0) is 6.42 Å². The van der Waals surface area contributed by atoms with Crippen LogP contribution in [0.15, 0.2) is 48.5 Å². The third kappa shape index (κ3) is 4.80. The van der Waals surface area contributed by atoms with E-state index in [1.54, 1.807) is 32.4 Å². The maximum Gasteiger partial charge on any atom is 0.254 e. The molecule has 2 heterocycles. The van der Waals surface area contributed by atoms with Crippen molar-refractivity contribution in [2.75, 3.05) is 38.8 Å². The molecule has 1 aliphatic heterocycles. The minimum atomic E-state index is -0.0219. The highest BCUT2D eigenvalue weighted by Crippen LogP contribution is 2.26. The van der Waals surface area contributed by atoms with Crippen LogP contribution < -0.4 is 14.4 Å². The molecule has 1 saturated heterocycles. The van der Waals surface area contributed by atoms with Gasteiger partial charge in [-0.3, -0.25) is 4.79 Å². The van der Waals surface area contributed by atoms with Crippen molar-refractivity contribution in [3.05, 3.63) is 65.5 Å². The van der Waals surface area contributed by atoms with Crippen molar-refractivity contribution in [3.8, 4) is 11.5 Å². The molecular weight excluding hydrogens is 412 g/mol. The highest BCUT2D eigenvalue weighted by Gasteiger charge is 2.30. The second-order valence-corrected chi connectivity index (χ2v) is 8.28. The van der Waals surface area contributed by atoms with E-state index in [1.165, 1.54) is 17.1 Å². The smallest absolute Gasteiger partial charge is 0.254 e. The molecule has 8 heteroatoms. The lowest BCUT2D eigenvalue weighted by Crippen LogP contribution is -2.54. The summed E-state index contributed by atoms with van der Waals surface area (Å²) in [7, 11) is 3.16. The zero-order valence-corrected chi connectivity index (χ0v) is 18.8. The fourth-order valence-corrected chi connectivity index (χ4v) is 4.47. The van der Waals surface area contributed by atoms with Crippen molar-refractivity contribution < 1.29 is 14.3 Å². The zero-order valence-electron chi connectivity index (χ0n) is 17.9. The fraction of sp³-hybridized carbons (Fsp3) is 0.348. The zero-order chi connectivity index (χ0) is 21.8. The van der Waals surface area contributed by atoms with Crippen LogP contribution >= 0.6 is 11.5 Å². The van der Waals surface area contributed by atoms with Crippen LogP contribution in [0.25, 0.3) is 0 Å². The minimum Gasteiger partial charge on any atom is -0.497 e. The predicted molar refractivity (Wildman–Crippen MR) is 121 cm³/mol. The Morgan fingerprint density at radius 1 is 1.10 bits per heavy atom. The van der Waals surface area contributed by atoms with Crippen molar-refractivity contribution in [3.63, 3.8) is 0 Å². The molecule has 1 amide bonds. The molecule has 1 unspecified atom stereocenters. The molecule has 7 nitrogen and oxygen atoms in total. The van der Waals surface area contributed by atoms with Gasteiger partial charge < -0.3 is 19.3 Å². The molecule has 2 aromatic carbocycles. The molecule has 1 atom stereocenters. The summed E-state index contributed by atoms with van der Waals surface area (Å²) in [6, 6.07) is 15.5. The van der Waals surface area contributed by atoms with E-state index in [4.69, 9.17) is 14.5 Å². The Balaban J connectivity index is 1.43. The molecule has 1 aromatic heterocycles. The highest BCUT2D eigenvalue weighted by molar-refractivity contribution is 7.09. The first-order valence-electron chi connectivity index (χ1n) is 10.2. The monoisotopic (exact) mass is 438 g/mol. The van der Waals surface area contributed by atoms with Gasteiger partial charge in [0.1, 0.15) is 17.3 Å². The topological polar surface area (TPSA) is 67.8 Å². The lowest BCUT2D eigenvalue weighted by molar-refractivity contribution is 0.0673. The highest BCUT2D eigenvalue weighted by atomic mass is 32.1. The number of hydrogen-bond acceptors (Lipinski definition) is 7. The van der Waals surface area contributed by atoms with Crippen LogP contribution in [-0.4, -0.2) is 60.1 Å². The Hall–Kier alpha value is -3.13. The van der Waals surface area contributed by atoms with E-state index in [2.05, 4.69) is 28.3 Å². The predicted octanol–water partition coefficient (Wildman–Crippen LogP) is 3.50. The Morgan fingerprint density at radius 3 is 2.45 bits per heavy atom. The van der Waals surface area contributed by atoms with Crippen LogP contribution in [0.3, 0.4) is 0 Å². The Labute approximate surface area is 186 Å². The average Bonchev–Trinajstić information content (AvgIpc) is 3.27. The van der Waals surface area contributed by atoms with Gasteiger partial charge in [0.25, 0.3) is 5.91 Å². The van der Waals surface area contributed by atoms with Crippen LogP contribution in [0, 0.1) is 0 Å². The first-order chi connectivity index (χ1) is 15.1. The third-order valence-electron chi connectivity index (χ3n) is 5.42. The van der Waals surface area contributed by atoms with Gasteiger partial charge in [-0.2, -0.15) is 4.37 Å². The molecule has 0 N–H and O–H groups in total. The van der Waals surface area contributed by atoms with Crippen molar-refractivity contribution in [1.29, 1.82) is 0 Å². The number of benzene rings is 2. The number of ether oxygens (including phenoxy) is 2. The lowest BCUT2D eigenvalue weighted by atomic mass is 10.1. The van der Waals surface area contributed by atoms with Crippen molar-refractivity contribution in [2.24, 2.45) is 0 Å². The molecule has 0 aliphatic carbocycles. The first kappa shape index (κ1) is 21.1. The summed E-state index contributed by atoms with van der Waals surface area (Å²) in [5.74, 6) is 2.02. The van der Waals surface area contributed by atoms with E-state index in [0.29, 0.717) is 30.2 Å². The van der Waals surface area contributed by atoms with Gasteiger partial charge in [0, 0.05) is 55.3 Å². The van der Waals surface area contributed by atoms with E-state index >= 15 is 0 Å². The summed E-state index contributed by atoms with van der Waals surface area (Å²) in [4.78, 5) is 22.0. The first-order valence-corrected chi connectivity index (χ1v) is 11.0. The standard InChI is InChI=1S/C23H26N4O3S/c1-16-15-26(23-24-21(25-31-23)11-17-7-5-4-6-8-17)9-10-27(16)22(28)18-12-19(29-2)14-20(13-18)30-3/h4-8,12-14,16H,9-11,15H2,1-3H3. The van der Waals surface area contributed by atoms with Gasteiger partial charge in [0.05, 0.1) is 14.2 Å². The van der Waals surface area contributed by atoms with E-state index in [-0.39, 0.29) is 11.9 Å². The molecule has 0 radical (unpaired) electrons. The molecule has 162 valence electrons. The molecular formula is C23H26N4O3S. The summed E-state index contributed by atoms with van der Waals surface area (Å²) in [5.41, 5.74) is 1.77. The Bertz CT molecular complexity index is 1020. The molecule has 0 bridgehead atoms. The molecule has 31 heavy (non-hydrogen) atoms. The summed E-state index contributed by atoms with van der Waals surface area (Å²) in [6.07, 6.45) is 0.725. The van der Waals surface area contributed by atoms with Gasteiger partial charge in [0.2, 0.25) is 5.13 Å². The molecule has 1 aliphatic rings. The van der Waals surface area contributed by atoms with Gasteiger partial charge >= 0.3 is 0 Å². The van der Waals surface area contributed by atoms with Crippen LogP contribution in [0.5, 0.6) is 11.5 Å². The molecule has 4 rings (SSSR count). The van der Waals surface area contributed by atoms with Gasteiger partial charge in [0.15, 0.2) is 0 Å². The quantitative estimate of drug-likeness (QED) is 0.587. The number of carbonyl (C=O) groups is 1. The van der Waals surface area contributed by atoms with E-state index in [0.717, 1.165) is 23.9 Å². The van der Waals surface area contributed by atoms with Crippen molar-refractivity contribution in [2.45, 2.75) is 19.4 Å². The van der Waals surface area contributed by atoms with Crippen molar-refractivity contribution >= 4 is 22.6 Å². The van der Waals surface area contributed by atoms with E-state index in [1.807, 2.05) is 23.1 Å². The van der Waals surface area contributed by atoms with Gasteiger partial charge in [-0.1, -0.05) is 30.3 Å². The van der Waals surface area contributed by atoms with Crippen molar-refractivity contribution in [1.82, 2.24) is 14.3 Å². The largest absolute Gasteiger partial charge is 0.497 e. The number of rotatable bonds is 6. The SMILES string of the molecule is COc1cc(OC)cc(C(=O)N2CCN(c3nc(Cc4ccccc4)ns3)CC2C)c1. The number of piperazine rings is 1. The van der Waals surface area contributed by atoms with Gasteiger partial charge in [-0.15, -0.1) is 0 Å². The minimum absolute atomic E-state index is 0.0219. The maximum atomic E-state index is 13.2. The normalized spacial score (nSPS) is 16.3. The number of amides is 1. The second-order valence-electron chi connectivity index (χ2n) is 7.55. The molecule has 3 aromatic rings. The number of nitrogens with zero attached hydrogens (tertiary/aromatic N) is 4. The summed E-state index contributed by atoms with van der Waals surface area (Å²) in [6.45, 7) is 4.12. The summed E-state index contributed by atoms with van der Waals surface area (Å²) < 4.78 is 15.1. The maximum absolute atomic E-state index is 13.2. The van der Waals surface area contributed by atoms with Crippen LogP contribution in [0.2, 0.25) is 0 Å². The fourth-order valence-electron chi connectivity index (χ4n) is 3.75. The average molecular weight is 439 g/mol.